The van der Waals surface area contributed by atoms with Crippen molar-refractivity contribution in [3.05, 3.63) is 102 Å². The Hall–Kier alpha value is -6.13. The Morgan fingerprint density at radius 1 is 0.803 bits per heavy atom. The van der Waals surface area contributed by atoms with Gasteiger partial charge >= 0.3 is 6.09 Å². The Kier molecular flexibility index (Phi) is 14.3. The molecule has 4 aromatic carbocycles. The van der Waals surface area contributed by atoms with E-state index in [0.717, 1.165) is 15.9 Å². The van der Waals surface area contributed by atoms with E-state index in [-0.39, 0.29) is 69.2 Å². The molecule has 19 nitrogen and oxygen atoms in total. The third kappa shape index (κ3) is 10.9. The van der Waals surface area contributed by atoms with E-state index in [1.165, 1.54) is 34.9 Å². The molecule has 2 N–H and O–H groups in total. The zero-order valence-electron chi connectivity index (χ0n) is 37.6. The van der Waals surface area contributed by atoms with Gasteiger partial charge in [0, 0.05) is 38.8 Å². The molecule has 0 aliphatic carbocycles. The molecule has 0 radical (unpaired) electrons. The molecule has 2 atom stereocenters. The van der Waals surface area contributed by atoms with Crippen molar-refractivity contribution < 1.29 is 50.5 Å². The van der Waals surface area contributed by atoms with Crippen LogP contribution >= 0.6 is 0 Å². The monoisotopic (exact) mass is 946 g/mol. The number of aliphatic hydroxyl groups is 1. The number of piperidine rings is 1. The van der Waals surface area contributed by atoms with Crippen molar-refractivity contribution in [2.45, 2.75) is 87.2 Å². The number of anilines is 1. The highest BCUT2D eigenvalue weighted by atomic mass is 32.2. The molecule has 1 aromatic heterocycles. The molecule has 0 unspecified atom stereocenters. The van der Waals surface area contributed by atoms with Gasteiger partial charge in [-0.3, -0.25) is 4.79 Å². The first kappa shape index (κ1) is 47.8. The molecule has 0 saturated carbocycles. The summed E-state index contributed by atoms with van der Waals surface area (Å²) in [6, 6.07) is 22.2. The minimum absolute atomic E-state index is 0.0499. The lowest BCUT2D eigenvalue weighted by Crippen LogP contribution is -2.45. The molecule has 0 spiro atoms. The van der Waals surface area contributed by atoms with Crippen LogP contribution in [0, 0.1) is 0 Å². The molecule has 66 heavy (non-hydrogen) atoms. The Labute approximate surface area is 384 Å². The van der Waals surface area contributed by atoms with Gasteiger partial charge in [-0.05, 0) is 110 Å². The molecule has 2 amide bonds. The van der Waals surface area contributed by atoms with Crippen molar-refractivity contribution in [2.24, 2.45) is 0 Å². The van der Waals surface area contributed by atoms with Crippen LogP contribution in [0.2, 0.25) is 0 Å². The summed E-state index contributed by atoms with van der Waals surface area (Å²) in [7, 11) is -5.26. The summed E-state index contributed by atoms with van der Waals surface area (Å²) in [5.74, 6) is 0.674. The maximum Gasteiger partial charge on any atom is 0.410 e. The smallest absolute Gasteiger partial charge is 0.410 e. The fourth-order valence-corrected chi connectivity index (χ4v) is 11.4. The Morgan fingerprint density at radius 2 is 1.36 bits per heavy atom. The number of hydrogen-bond donors (Lipinski definition) is 2. The molecule has 2 fully saturated rings. The van der Waals surface area contributed by atoms with Crippen LogP contribution in [-0.2, 0) is 49.2 Å². The predicted molar refractivity (Wildman–Crippen MR) is 242 cm³/mol. The van der Waals surface area contributed by atoms with E-state index in [2.05, 4.69) is 20.1 Å². The molecule has 7 rings (SSSR count). The van der Waals surface area contributed by atoms with Crippen LogP contribution in [0.25, 0.3) is 11.4 Å². The van der Waals surface area contributed by atoms with Crippen LogP contribution in [0.3, 0.4) is 0 Å². The van der Waals surface area contributed by atoms with Gasteiger partial charge in [0.05, 0.1) is 39.1 Å². The summed E-state index contributed by atoms with van der Waals surface area (Å²) in [5, 5.41) is 24.0. The minimum atomic E-state index is -5.01. The number of likely N-dealkylation sites (tertiary alicyclic amines) is 1. The number of ether oxygens (including phenoxy) is 4. The first-order chi connectivity index (χ1) is 31.4. The lowest BCUT2D eigenvalue weighted by molar-refractivity contribution is -0.128. The summed E-state index contributed by atoms with van der Waals surface area (Å²) >= 11 is 0. The average molecular weight is 947 g/mol. The topological polar surface area (TPSA) is 225 Å². The average Bonchev–Trinajstić information content (AvgIpc) is 3.96. The second-order valence-electron chi connectivity index (χ2n) is 16.9. The zero-order chi connectivity index (χ0) is 47.4. The van der Waals surface area contributed by atoms with E-state index in [0.29, 0.717) is 34.8 Å². The number of sulfonamides is 2. The minimum Gasteiger partial charge on any atom is -0.497 e. The number of amides is 2. The van der Waals surface area contributed by atoms with Crippen LogP contribution < -0.4 is 23.8 Å². The van der Waals surface area contributed by atoms with Crippen LogP contribution in [0.4, 0.5) is 10.5 Å². The largest absolute Gasteiger partial charge is 0.497 e. The van der Waals surface area contributed by atoms with E-state index in [1.807, 2.05) is 0 Å². The molecule has 3 heterocycles. The van der Waals surface area contributed by atoms with Gasteiger partial charge in [-0.15, -0.1) is 10.2 Å². The van der Waals surface area contributed by atoms with Gasteiger partial charge in [0.2, 0.25) is 25.9 Å². The van der Waals surface area contributed by atoms with Gasteiger partial charge in [-0.2, -0.15) is 9.10 Å². The lowest BCUT2D eigenvalue weighted by Gasteiger charge is -2.32. The number of tetrazole rings is 1. The molecule has 352 valence electrons. The van der Waals surface area contributed by atoms with Crippen molar-refractivity contribution in [2.75, 3.05) is 45.9 Å². The number of aromatic nitrogens is 4. The molecule has 2 aliphatic rings. The number of carbonyl (C=O) groups excluding carboxylic acids is 2. The van der Waals surface area contributed by atoms with Gasteiger partial charge < -0.3 is 33.9 Å². The number of aliphatic hydroxyl groups excluding tert-OH is 1. The maximum absolute atomic E-state index is 16.0. The Balaban J connectivity index is 1.43. The molecule has 2 saturated heterocycles. The number of hydrogen-bond acceptors (Lipinski definition) is 14. The van der Waals surface area contributed by atoms with E-state index < -0.39 is 59.6 Å². The molecule has 21 heteroatoms. The zero-order valence-corrected chi connectivity index (χ0v) is 39.2. The van der Waals surface area contributed by atoms with Crippen molar-refractivity contribution in [1.29, 1.82) is 0 Å². The van der Waals surface area contributed by atoms with Gasteiger partial charge in [0.15, 0.2) is 0 Å². The van der Waals surface area contributed by atoms with Crippen LogP contribution in [0.1, 0.15) is 56.7 Å². The fraction of sp³-hybridized carbons (Fsp3) is 0.400. The van der Waals surface area contributed by atoms with E-state index in [9.17, 15) is 23.1 Å². The number of benzene rings is 4. The Morgan fingerprint density at radius 3 is 1.91 bits per heavy atom. The highest BCUT2D eigenvalue weighted by Crippen LogP contribution is 2.42. The standard InChI is InChI=1S/C45H54N8O11S2/c1-45(2,3)64-44(56)50-25-23-33(29-50)48-65(57,58)39-22-21-37(52-24-7-8-38(54)43(52)55)40(42-46-49-53(47-42)28-32-13-19-36(63-6)20-14-32)41(39)66(59,60)51(26-30-9-15-34(61-4)16-10-30)27-31-11-17-35(62-5)18-12-31/h9-22,33,38,48,54H,7-8,23-29H2,1-6H3/t33-,38-/m1/s1. The van der Waals surface area contributed by atoms with Gasteiger partial charge in [0.25, 0.3) is 5.91 Å². The van der Waals surface area contributed by atoms with E-state index in [4.69, 9.17) is 18.9 Å². The number of carbonyl (C=O) groups is 2. The maximum atomic E-state index is 16.0. The van der Waals surface area contributed by atoms with Crippen molar-refractivity contribution in [3.8, 4) is 28.6 Å². The predicted octanol–water partition coefficient (Wildman–Crippen LogP) is 4.58. The van der Waals surface area contributed by atoms with Crippen LogP contribution in [-0.4, -0.2) is 122 Å². The van der Waals surface area contributed by atoms with Gasteiger partial charge in [-0.25, -0.2) is 26.4 Å². The van der Waals surface area contributed by atoms with Crippen LogP contribution in [0.5, 0.6) is 17.2 Å². The first-order valence-corrected chi connectivity index (χ1v) is 24.1. The highest BCUT2D eigenvalue weighted by molar-refractivity contribution is 7.92. The Bertz CT molecular complexity index is 2700. The molecular weight excluding hydrogens is 893 g/mol. The summed E-state index contributed by atoms with van der Waals surface area (Å²) in [4.78, 5) is 29.3. The fourth-order valence-electron chi connectivity index (χ4n) is 7.72. The molecule has 0 bridgehead atoms. The van der Waals surface area contributed by atoms with E-state index in [1.54, 1.807) is 101 Å². The summed E-state index contributed by atoms with van der Waals surface area (Å²) in [6.45, 7) is 4.94. The van der Waals surface area contributed by atoms with Gasteiger partial charge in [0.1, 0.15) is 38.7 Å². The third-order valence-corrected chi connectivity index (χ3v) is 14.6. The summed E-state index contributed by atoms with van der Waals surface area (Å²) < 4.78 is 87.2. The van der Waals surface area contributed by atoms with Crippen molar-refractivity contribution >= 4 is 37.7 Å². The second-order valence-corrected chi connectivity index (χ2v) is 20.5. The van der Waals surface area contributed by atoms with Gasteiger partial charge in [-0.1, -0.05) is 36.4 Å². The highest BCUT2D eigenvalue weighted by Gasteiger charge is 2.42. The van der Waals surface area contributed by atoms with Crippen LogP contribution in [0.15, 0.2) is 94.7 Å². The second kappa shape index (κ2) is 19.8. The normalized spacial score (nSPS) is 17.0. The SMILES string of the molecule is COc1ccc(CN(Cc2ccc(OC)cc2)S(=O)(=O)c2c(S(=O)(=O)N[C@@H]3CCN(C(=O)OC(C)(C)C)C3)ccc(N3CCC[C@@H](O)C3=O)c2-c2nnn(Cc3ccc(OC)cc3)n2)cc1. The van der Waals surface area contributed by atoms with E-state index >= 15 is 8.42 Å². The summed E-state index contributed by atoms with van der Waals surface area (Å²) in [5.41, 5.74) is 0.655. The number of rotatable bonds is 16. The number of nitrogens with one attached hydrogen (secondary N) is 1. The number of methoxy groups -OCH3 is 3. The summed E-state index contributed by atoms with van der Waals surface area (Å²) in [6.07, 6.45) is -1.31. The third-order valence-electron chi connectivity index (χ3n) is 11.0. The quantitative estimate of drug-likeness (QED) is 0.138. The first-order valence-electron chi connectivity index (χ1n) is 21.2. The molecular formula is C45H54N8O11S2. The molecule has 2 aliphatic heterocycles. The lowest BCUT2D eigenvalue weighted by atomic mass is 10.0. The number of nitrogens with zero attached hydrogens (tertiary/aromatic N) is 7. The van der Waals surface area contributed by atoms with Crippen molar-refractivity contribution in [1.82, 2.24) is 34.1 Å². The molecule has 5 aromatic rings. The van der Waals surface area contributed by atoms with Crippen molar-refractivity contribution in [3.63, 3.8) is 0 Å².